The molecule has 0 aliphatic heterocycles. The van der Waals surface area contributed by atoms with Crippen LogP contribution < -0.4 is 10.1 Å². The number of carbonyl (C=O) groups is 1. The fourth-order valence-electron chi connectivity index (χ4n) is 2.08. The van der Waals surface area contributed by atoms with Crippen molar-refractivity contribution >= 4 is 5.97 Å². The molecule has 0 radical (unpaired) electrons. The first-order valence-corrected chi connectivity index (χ1v) is 6.97. The van der Waals surface area contributed by atoms with Gasteiger partial charge >= 0.3 is 5.97 Å². The number of likely N-dealkylation sites (N-methyl/N-ethyl adjacent to an activating group) is 1. The summed E-state index contributed by atoms with van der Waals surface area (Å²) in [6, 6.07) is 7.95. The summed E-state index contributed by atoms with van der Waals surface area (Å²) in [4.78, 5) is 11.2. The summed E-state index contributed by atoms with van der Waals surface area (Å²) in [6.07, 6.45) is 0.207. The largest absolute Gasteiger partial charge is 0.491 e. The topological polar surface area (TPSA) is 58.6 Å². The van der Waals surface area contributed by atoms with Crippen LogP contribution in [-0.4, -0.2) is 29.8 Å². The van der Waals surface area contributed by atoms with Crippen molar-refractivity contribution in [3.8, 4) is 5.75 Å². The number of carboxylic acid groups (broad SMARTS) is 1. The van der Waals surface area contributed by atoms with Crippen molar-refractivity contribution in [1.82, 2.24) is 5.32 Å². The van der Waals surface area contributed by atoms with Crippen molar-refractivity contribution in [3.05, 3.63) is 29.8 Å². The van der Waals surface area contributed by atoms with Crippen LogP contribution in [0, 0.1) is 0 Å². The Kier molecular flexibility index (Phi) is 5.57. The maximum absolute atomic E-state index is 11.2. The average Bonchev–Trinajstić information content (AvgIpc) is 2.38. The highest BCUT2D eigenvalue weighted by molar-refractivity contribution is 5.78. The minimum Gasteiger partial charge on any atom is -0.491 e. The van der Waals surface area contributed by atoms with Gasteiger partial charge in [-0.05, 0) is 44.5 Å². The highest BCUT2D eigenvalue weighted by Gasteiger charge is 2.33. The van der Waals surface area contributed by atoms with Crippen molar-refractivity contribution in [2.45, 2.75) is 51.7 Å². The van der Waals surface area contributed by atoms with E-state index < -0.39 is 11.5 Å². The van der Waals surface area contributed by atoms with E-state index in [1.54, 1.807) is 14.0 Å². The van der Waals surface area contributed by atoms with Gasteiger partial charge in [0, 0.05) is 6.42 Å². The normalized spacial score (nSPS) is 15.7. The molecule has 0 amide bonds. The van der Waals surface area contributed by atoms with E-state index in [-0.39, 0.29) is 6.10 Å². The first-order chi connectivity index (χ1) is 9.28. The van der Waals surface area contributed by atoms with Crippen LogP contribution in [0.4, 0.5) is 0 Å². The third-order valence-corrected chi connectivity index (χ3v) is 3.60. The van der Waals surface area contributed by atoms with Crippen molar-refractivity contribution in [2.75, 3.05) is 7.05 Å². The fraction of sp³-hybridized carbons (Fsp3) is 0.562. The highest BCUT2D eigenvalue weighted by Crippen LogP contribution is 2.21. The van der Waals surface area contributed by atoms with Crippen LogP contribution in [0.3, 0.4) is 0 Å². The highest BCUT2D eigenvalue weighted by atomic mass is 16.5. The monoisotopic (exact) mass is 279 g/mol. The lowest BCUT2D eigenvalue weighted by atomic mass is 9.95. The summed E-state index contributed by atoms with van der Waals surface area (Å²) >= 11 is 0. The van der Waals surface area contributed by atoms with Crippen molar-refractivity contribution in [3.63, 3.8) is 0 Å². The standard InChI is InChI=1S/C16H25NO3/c1-11(2)13-6-8-14(9-7-13)20-12(3)10-16(4,17-5)15(18)19/h6-9,11-12,17H,10H2,1-5H3,(H,18,19). The van der Waals surface area contributed by atoms with Crippen LogP contribution >= 0.6 is 0 Å². The summed E-state index contributed by atoms with van der Waals surface area (Å²) in [6.45, 7) is 7.83. The Bertz CT molecular complexity index is 442. The van der Waals surface area contributed by atoms with Gasteiger partial charge in [-0.2, -0.15) is 0 Å². The number of rotatable bonds is 7. The van der Waals surface area contributed by atoms with Gasteiger partial charge in [0.1, 0.15) is 11.3 Å². The number of hydrogen-bond donors (Lipinski definition) is 2. The molecule has 1 rings (SSSR count). The van der Waals surface area contributed by atoms with Gasteiger partial charge in [-0.1, -0.05) is 26.0 Å². The van der Waals surface area contributed by atoms with Crippen LogP contribution in [-0.2, 0) is 4.79 Å². The Morgan fingerprint density at radius 3 is 2.25 bits per heavy atom. The van der Waals surface area contributed by atoms with Gasteiger partial charge in [-0.15, -0.1) is 0 Å². The molecule has 4 heteroatoms. The predicted molar refractivity (Wildman–Crippen MR) is 80.3 cm³/mol. The van der Waals surface area contributed by atoms with Gasteiger partial charge in [0.25, 0.3) is 0 Å². The van der Waals surface area contributed by atoms with Crippen LogP contribution in [0.2, 0.25) is 0 Å². The number of aliphatic carboxylic acids is 1. The Balaban J connectivity index is 2.66. The lowest BCUT2D eigenvalue weighted by molar-refractivity contribution is -0.145. The third kappa shape index (κ3) is 4.23. The fourth-order valence-corrected chi connectivity index (χ4v) is 2.08. The van der Waals surface area contributed by atoms with Gasteiger partial charge in [0.05, 0.1) is 6.10 Å². The van der Waals surface area contributed by atoms with Gasteiger partial charge < -0.3 is 15.2 Å². The molecule has 0 aliphatic carbocycles. The van der Waals surface area contributed by atoms with Crippen molar-refractivity contribution < 1.29 is 14.6 Å². The van der Waals surface area contributed by atoms with Crippen LogP contribution in [0.5, 0.6) is 5.75 Å². The van der Waals surface area contributed by atoms with E-state index in [1.165, 1.54) is 5.56 Å². The summed E-state index contributed by atoms with van der Waals surface area (Å²) in [5, 5.41) is 12.1. The second-order valence-corrected chi connectivity index (χ2v) is 5.74. The zero-order valence-electron chi connectivity index (χ0n) is 12.9. The van der Waals surface area contributed by atoms with Crippen molar-refractivity contribution in [1.29, 1.82) is 0 Å². The van der Waals surface area contributed by atoms with E-state index in [9.17, 15) is 9.90 Å². The molecular formula is C16H25NO3. The third-order valence-electron chi connectivity index (χ3n) is 3.60. The lowest BCUT2D eigenvalue weighted by Gasteiger charge is -2.27. The molecule has 4 nitrogen and oxygen atoms in total. The number of hydrogen-bond acceptors (Lipinski definition) is 3. The van der Waals surface area contributed by atoms with Crippen LogP contribution in [0.25, 0.3) is 0 Å². The smallest absolute Gasteiger partial charge is 0.323 e. The zero-order chi connectivity index (χ0) is 15.3. The molecule has 0 bridgehead atoms. The minimum atomic E-state index is -0.975. The predicted octanol–water partition coefficient (Wildman–Crippen LogP) is 3.03. The first kappa shape index (κ1) is 16.5. The molecule has 1 aromatic carbocycles. The molecule has 20 heavy (non-hydrogen) atoms. The number of ether oxygens (including phenoxy) is 1. The molecular weight excluding hydrogens is 254 g/mol. The SMILES string of the molecule is CNC(C)(CC(C)Oc1ccc(C(C)C)cc1)C(=O)O. The molecule has 0 aliphatic rings. The summed E-state index contributed by atoms with van der Waals surface area (Å²) in [5.74, 6) is 0.386. The van der Waals surface area contributed by atoms with E-state index >= 15 is 0 Å². The van der Waals surface area contributed by atoms with Gasteiger partial charge in [-0.3, -0.25) is 4.79 Å². The maximum atomic E-state index is 11.2. The molecule has 0 fully saturated rings. The molecule has 112 valence electrons. The van der Waals surface area contributed by atoms with E-state index in [1.807, 2.05) is 31.2 Å². The number of nitrogens with one attached hydrogen (secondary N) is 1. The van der Waals surface area contributed by atoms with Gasteiger partial charge in [0.2, 0.25) is 0 Å². The molecule has 0 aromatic heterocycles. The van der Waals surface area contributed by atoms with E-state index in [4.69, 9.17) is 4.74 Å². The van der Waals surface area contributed by atoms with Gasteiger partial charge in [-0.25, -0.2) is 0 Å². The number of benzene rings is 1. The molecule has 2 unspecified atom stereocenters. The van der Waals surface area contributed by atoms with E-state index in [2.05, 4.69) is 19.2 Å². The lowest BCUT2D eigenvalue weighted by Crippen LogP contribution is -2.50. The second-order valence-electron chi connectivity index (χ2n) is 5.74. The van der Waals surface area contributed by atoms with E-state index in [0.717, 1.165) is 5.75 Å². The summed E-state index contributed by atoms with van der Waals surface area (Å²) < 4.78 is 5.79. The van der Waals surface area contributed by atoms with Gasteiger partial charge in [0.15, 0.2) is 0 Å². The zero-order valence-corrected chi connectivity index (χ0v) is 12.9. The Hall–Kier alpha value is -1.55. The average molecular weight is 279 g/mol. The molecule has 0 spiro atoms. The molecule has 0 heterocycles. The quantitative estimate of drug-likeness (QED) is 0.805. The minimum absolute atomic E-state index is 0.187. The molecule has 2 atom stereocenters. The second kappa shape index (κ2) is 6.75. The Morgan fingerprint density at radius 1 is 1.30 bits per heavy atom. The van der Waals surface area contributed by atoms with E-state index in [0.29, 0.717) is 12.3 Å². The summed E-state index contributed by atoms with van der Waals surface area (Å²) in [7, 11) is 1.65. The first-order valence-electron chi connectivity index (χ1n) is 6.97. The Morgan fingerprint density at radius 2 is 1.85 bits per heavy atom. The van der Waals surface area contributed by atoms with Crippen molar-refractivity contribution in [2.24, 2.45) is 0 Å². The van der Waals surface area contributed by atoms with Crippen LogP contribution in [0.15, 0.2) is 24.3 Å². The Labute approximate surface area is 121 Å². The molecule has 1 aromatic rings. The molecule has 0 saturated heterocycles. The molecule has 0 saturated carbocycles. The maximum Gasteiger partial charge on any atom is 0.323 e. The summed E-state index contributed by atoms with van der Waals surface area (Å²) in [5.41, 5.74) is 0.285. The number of carboxylic acids is 1. The molecule has 2 N–H and O–H groups in total. The van der Waals surface area contributed by atoms with Crippen LogP contribution in [0.1, 0.15) is 45.6 Å².